The maximum atomic E-state index is 12.2. The van der Waals surface area contributed by atoms with Crippen molar-refractivity contribution in [2.24, 2.45) is 0 Å². The van der Waals surface area contributed by atoms with Gasteiger partial charge in [0, 0.05) is 69.8 Å². The zero-order valence-corrected chi connectivity index (χ0v) is 46.5. The Morgan fingerprint density at radius 2 is 0.594 bits per heavy atom. The summed E-state index contributed by atoms with van der Waals surface area (Å²) in [7, 11) is 0. The Balaban J connectivity index is -0.000000948. The molecule has 0 atom stereocenters. The van der Waals surface area contributed by atoms with Crippen LogP contribution in [-0.4, -0.2) is 107 Å². The molecule has 0 fully saturated rings. The Morgan fingerprint density at radius 3 is 0.754 bits per heavy atom. The summed E-state index contributed by atoms with van der Waals surface area (Å²) in [5.41, 5.74) is -4.20. The smallest absolute Gasteiger partial charge is 0.306 e. The lowest BCUT2D eigenvalue weighted by Gasteiger charge is -2.29. The fourth-order valence-electron chi connectivity index (χ4n) is 5.80. The van der Waals surface area contributed by atoms with Crippen LogP contribution in [0.2, 0.25) is 0 Å². The Kier molecular flexibility index (Phi) is 28.4. The van der Waals surface area contributed by atoms with Crippen LogP contribution < -0.4 is 5.48 Å². The summed E-state index contributed by atoms with van der Waals surface area (Å²) in [6.07, 6.45) is 3.19. The summed E-state index contributed by atoms with van der Waals surface area (Å²) in [5, 5.41) is 32.8. The van der Waals surface area contributed by atoms with Gasteiger partial charge in [-0.2, -0.15) is 5.48 Å². The first-order valence-corrected chi connectivity index (χ1v) is 23.7. The molecule has 0 aromatic carbocycles. The number of rotatable bonds is 21. The summed E-state index contributed by atoms with van der Waals surface area (Å²) in [6, 6.07) is 0. The number of carbonyl (C=O) groups is 6. The molecule has 0 saturated heterocycles. The molecule has 2 N–H and O–H groups in total. The first kappa shape index (κ1) is 68.9. The second kappa shape index (κ2) is 28.5. The second-order valence-corrected chi connectivity index (χ2v) is 24.0. The molecule has 404 valence electrons. The molecule has 0 saturated carbocycles. The second-order valence-electron chi connectivity index (χ2n) is 24.0. The van der Waals surface area contributed by atoms with Crippen LogP contribution in [0.25, 0.3) is 0 Å². The number of hydrogen-bond donors (Lipinski definition) is 2. The molecule has 0 rings (SSSR count). The summed E-state index contributed by atoms with van der Waals surface area (Å²) in [5.74, 6) is -2.32. The molecule has 19 nitrogen and oxygen atoms in total. The molecule has 0 spiro atoms. The number of hydrogen-bond acceptors (Lipinski definition) is 17. The fourth-order valence-corrected chi connectivity index (χ4v) is 5.80. The molecule has 0 aliphatic heterocycles. The van der Waals surface area contributed by atoms with E-state index in [1.165, 1.54) is 13.1 Å². The highest BCUT2D eigenvalue weighted by Gasteiger charge is 2.39. The minimum absolute atomic E-state index is 0.0116. The summed E-state index contributed by atoms with van der Waals surface area (Å²) >= 11 is 0. The average molecular weight is 992 g/mol. The van der Waals surface area contributed by atoms with Gasteiger partial charge in [-0.3, -0.25) is 38.9 Å². The highest BCUT2D eigenvalue weighted by molar-refractivity contribution is 5.72. The Bertz CT molecular complexity index is 1590. The van der Waals surface area contributed by atoms with E-state index in [0.717, 1.165) is 4.74 Å². The van der Waals surface area contributed by atoms with Crippen LogP contribution in [0.5, 0.6) is 0 Å². The number of ether oxygens (including phenoxy) is 6. The number of nitrogens with one attached hydrogen (secondary N) is 1. The van der Waals surface area contributed by atoms with Crippen LogP contribution >= 0.6 is 0 Å². The third-order valence-electron chi connectivity index (χ3n) is 9.23. The Hall–Kier alpha value is -4.39. The molecule has 0 radical (unpaired) electrons. The zero-order chi connectivity index (χ0) is 55.3. The summed E-state index contributed by atoms with van der Waals surface area (Å²) in [4.78, 5) is 81.6. The van der Waals surface area contributed by atoms with Gasteiger partial charge in [-0.15, -0.1) is 0 Å². The minimum atomic E-state index is -1.37. The van der Waals surface area contributed by atoms with Crippen molar-refractivity contribution in [3.63, 3.8) is 0 Å². The molecule has 0 bridgehead atoms. The molecule has 0 unspecified atom stereocenters. The monoisotopic (exact) mass is 992 g/mol. The topological polar surface area (TPSA) is 259 Å². The van der Waals surface area contributed by atoms with E-state index < -0.39 is 67.1 Å². The zero-order valence-electron chi connectivity index (χ0n) is 46.5. The molecule has 0 aliphatic carbocycles. The van der Waals surface area contributed by atoms with Crippen molar-refractivity contribution < 1.29 is 72.1 Å². The first-order valence-electron chi connectivity index (χ1n) is 23.7. The van der Waals surface area contributed by atoms with Crippen LogP contribution in [0, 0.1) is 15.3 Å². The van der Waals surface area contributed by atoms with Gasteiger partial charge in [-0.25, -0.2) is 4.74 Å². The van der Waals surface area contributed by atoms with Crippen LogP contribution in [0.3, 0.4) is 0 Å². The van der Waals surface area contributed by atoms with Crippen molar-refractivity contribution in [1.29, 1.82) is 0 Å². The van der Waals surface area contributed by atoms with Gasteiger partial charge in [0.1, 0.15) is 39.8 Å². The molecule has 0 amide bonds. The number of nitro groups is 1. The lowest BCUT2D eigenvalue weighted by atomic mass is 9.90. The van der Waals surface area contributed by atoms with Crippen molar-refractivity contribution in [3.8, 4) is 0 Å². The van der Waals surface area contributed by atoms with E-state index in [0.29, 0.717) is 25.7 Å². The number of carbonyl (C=O) groups excluding carboxylic acids is 6. The Labute approximate surface area is 413 Å². The predicted octanol–water partition coefficient (Wildman–Crippen LogP) is 9.82. The van der Waals surface area contributed by atoms with E-state index in [9.17, 15) is 49.3 Å². The average Bonchev–Trinajstić information content (AvgIpc) is 3.12. The van der Waals surface area contributed by atoms with E-state index in [1.54, 1.807) is 145 Å². The lowest BCUT2D eigenvalue weighted by molar-refractivity contribution is -0.567. The van der Waals surface area contributed by atoms with Crippen LogP contribution in [-0.2, 0) is 57.2 Å². The van der Waals surface area contributed by atoms with E-state index in [-0.39, 0.29) is 75.2 Å². The molecular weight excluding hydrogens is 899 g/mol. The van der Waals surface area contributed by atoms with Crippen molar-refractivity contribution in [2.45, 2.75) is 280 Å². The van der Waals surface area contributed by atoms with Crippen LogP contribution in [0.1, 0.15) is 229 Å². The molecule has 0 aromatic rings. The van der Waals surface area contributed by atoms with Gasteiger partial charge >= 0.3 is 35.8 Å². The van der Waals surface area contributed by atoms with Gasteiger partial charge < -0.3 is 38.8 Å². The van der Waals surface area contributed by atoms with Gasteiger partial charge in [0.15, 0.2) is 5.54 Å². The highest BCUT2D eigenvalue weighted by Crippen LogP contribution is 2.27. The Morgan fingerprint density at radius 1 is 0.406 bits per heavy atom. The van der Waals surface area contributed by atoms with Gasteiger partial charge in [-0.05, 0) is 144 Å². The minimum Gasteiger partial charge on any atom is -0.624 e. The van der Waals surface area contributed by atoms with Crippen molar-refractivity contribution in [3.05, 3.63) is 15.3 Å². The van der Waals surface area contributed by atoms with Crippen molar-refractivity contribution >= 4 is 42.0 Å². The van der Waals surface area contributed by atoms with Gasteiger partial charge in [0.05, 0.1) is 25.7 Å². The standard InChI is InChI=1S/C18H33NO5.C16H29NO6.C16H31NO5/c1-9-19(22)18(8,12-10-14(20)23-16(2,3)4)13-11-15(21)24-17(5,6)7;1-14(2,3)22-12(18)8-10-16(7,17(20)21)11-9-13(19)23-15(4,5)6;1-14(2,3)21-12(18)8-10-16(7,17-20)11-9-13(19)22-15(4,5)6/h9H,10-13H2,1-8H3;8-11H2,1-7H3;17,20H,8-11H2,1-7H3/b19-9-;;. The maximum Gasteiger partial charge on any atom is 0.306 e. The largest absolute Gasteiger partial charge is 0.624 e. The third kappa shape index (κ3) is 39.1. The van der Waals surface area contributed by atoms with E-state index in [2.05, 4.69) is 5.48 Å². The SMILES string of the molecule is C/C=[N+](\[O-])C(C)(CCC(=O)OC(C)(C)C)CCC(=O)OC(C)(C)C.CC(C)(C)OC(=O)CCC(C)(CCC(=O)OC(C)(C)C)[N+](=O)[O-].CC(CCC(=O)OC(C)(C)C)(CCC(=O)OC(C)(C)C)NO. The first-order chi connectivity index (χ1) is 30.6. The lowest BCUT2D eigenvalue weighted by Crippen LogP contribution is -2.41. The fraction of sp³-hybridized carbons (Fsp3) is 0.860. The van der Waals surface area contributed by atoms with Gasteiger partial charge in [-0.1, -0.05) is 0 Å². The molecular formula is C50H93N3O16. The molecule has 69 heavy (non-hydrogen) atoms. The van der Waals surface area contributed by atoms with E-state index in [4.69, 9.17) is 28.4 Å². The van der Waals surface area contributed by atoms with Crippen molar-refractivity contribution in [2.75, 3.05) is 0 Å². The number of esters is 6. The maximum absolute atomic E-state index is 12.2. The summed E-state index contributed by atoms with van der Waals surface area (Å²) < 4.78 is 32.1. The number of hydroxylamine groups is 2. The van der Waals surface area contributed by atoms with Crippen LogP contribution in [0.4, 0.5) is 0 Å². The highest BCUT2D eigenvalue weighted by atomic mass is 16.6. The molecule has 0 heterocycles. The van der Waals surface area contributed by atoms with E-state index in [1.807, 2.05) is 0 Å². The summed E-state index contributed by atoms with van der Waals surface area (Å²) in [6.45, 7) is 38.6. The molecule has 0 aromatic heterocycles. The third-order valence-corrected chi connectivity index (χ3v) is 9.23. The van der Waals surface area contributed by atoms with E-state index >= 15 is 0 Å². The van der Waals surface area contributed by atoms with Gasteiger partial charge in [0.2, 0.25) is 5.54 Å². The number of nitrogens with zero attached hydrogens (tertiary/aromatic N) is 2. The van der Waals surface area contributed by atoms with Gasteiger partial charge in [0.25, 0.3) is 0 Å². The van der Waals surface area contributed by atoms with Crippen LogP contribution in [0.15, 0.2) is 0 Å². The molecule has 0 aliphatic rings. The molecule has 19 heteroatoms. The van der Waals surface area contributed by atoms with Crippen molar-refractivity contribution in [1.82, 2.24) is 5.48 Å². The quantitative estimate of drug-likeness (QED) is 0.0206. The normalized spacial score (nSPS) is 13.1. The predicted molar refractivity (Wildman–Crippen MR) is 263 cm³/mol.